The van der Waals surface area contributed by atoms with Crippen LogP contribution in [0.25, 0.3) is 0 Å². The fourth-order valence-corrected chi connectivity index (χ4v) is 3.09. The van der Waals surface area contributed by atoms with E-state index in [1.54, 1.807) is 0 Å². The largest absolute Gasteiger partial charge is 0.300 e. The van der Waals surface area contributed by atoms with Crippen molar-refractivity contribution in [3.05, 3.63) is 21.1 Å². The Bertz CT molecular complexity index is 567. The monoisotopic (exact) mass is 316 g/mol. The lowest BCUT2D eigenvalue weighted by Gasteiger charge is -1.98. The Morgan fingerprint density at radius 3 is 2.84 bits per heavy atom. The van der Waals surface area contributed by atoms with Gasteiger partial charge in [-0.25, -0.2) is 4.98 Å². The van der Waals surface area contributed by atoms with Gasteiger partial charge in [0, 0.05) is 11.3 Å². The molecule has 0 aromatic carbocycles. The van der Waals surface area contributed by atoms with Crippen molar-refractivity contribution in [1.82, 2.24) is 15.2 Å². The van der Waals surface area contributed by atoms with Gasteiger partial charge in [-0.05, 0) is 0 Å². The summed E-state index contributed by atoms with van der Waals surface area (Å²) in [5.74, 6) is 0.544. The number of amides is 1. The molecule has 19 heavy (non-hydrogen) atoms. The molecule has 5 nitrogen and oxygen atoms in total. The number of hydrogen-bond acceptors (Lipinski definition) is 6. The molecule has 0 aliphatic heterocycles. The second-order valence-corrected chi connectivity index (χ2v) is 6.41. The third-order valence-corrected chi connectivity index (χ3v) is 4.54. The van der Waals surface area contributed by atoms with Crippen LogP contribution in [0.3, 0.4) is 0 Å². The van der Waals surface area contributed by atoms with Gasteiger partial charge in [-0.15, -0.1) is 33.1 Å². The highest BCUT2D eigenvalue weighted by molar-refractivity contribution is 7.15. The van der Waals surface area contributed by atoms with Crippen molar-refractivity contribution in [2.75, 3.05) is 5.32 Å². The second-order valence-electron chi connectivity index (χ2n) is 4.19. The molecule has 1 N–H and O–H groups in total. The quantitative estimate of drug-likeness (QED) is 0.861. The standard InChI is InChI=1S/C11H13ClN4OS2/c1-6(2)10-15-16-11(19-10)14-8(17)3-9-13-7(4-12)5-18-9/h5-6H,3-4H2,1-2H3,(H,14,16,17). The number of alkyl halides is 1. The van der Waals surface area contributed by atoms with Gasteiger partial charge in [-0.3, -0.25) is 4.79 Å². The Morgan fingerprint density at radius 1 is 1.47 bits per heavy atom. The van der Waals surface area contributed by atoms with Crippen LogP contribution in [-0.4, -0.2) is 21.1 Å². The topological polar surface area (TPSA) is 67.8 Å². The fourth-order valence-electron chi connectivity index (χ4n) is 1.31. The van der Waals surface area contributed by atoms with Gasteiger partial charge in [0.05, 0.1) is 18.0 Å². The number of halogens is 1. The van der Waals surface area contributed by atoms with Crippen LogP contribution in [-0.2, 0) is 17.1 Å². The number of rotatable bonds is 5. The van der Waals surface area contributed by atoms with Crippen LogP contribution in [0.15, 0.2) is 5.38 Å². The van der Waals surface area contributed by atoms with E-state index in [0.717, 1.165) is 15.7 Å². The lowest BCUT2D eigenvalue weighted by Crippen LogP contribution is -2.14. The molecule has 0 bridgehead atoms. The molecule has 0 aliphatic rings. The van der Waals surface area contributed by atoms with E-state index < -0.39 is 0 Å². The number of hydrogen-bond donors (Lipinski definition) is 1. The Hall–Kier alpha value is -1.05. The maximum atomic E-state index is 11.8. The van der Waals surface area contributed by atoms with Gasteiger partial charge in [0.15, 0.2) is 0 Å². The van der Waals surface area contributed by atoms with E-state index in [1.165, 1.54) is 22.7 Å². The minimum atomic E-state index is -0.137. The van der Waals surface area contributed by atoms with Crippen molar-refractivity contribution in [2.45, 2.75) is 32.1 Å². The number of carbonyl (C=O) groups is 1. The van der Waals surface area contributed by atoms with Crippen molar-refractivity contribution in [3.8, 4) is 0 Å². The van der Waals surface area contributed by atoms with Crippen molar-refractivity contribution >= 4 is 45.3 Å². The summed E-state index contributed by atoms with van der Waals surface area (Å²) in [5, 5.41) is 14.7. The van der Waals surface area contributed by atoms with Crippen LogP contribution < -0.4 is 5.32 Å². The zero-order chi connectivity index (χ0) is 13.8. The summed E-state index contributed by atoms with van der Waals surface area (Å²) in [4.78, 5) is 16.1. The molecule has 0 saturated heterocycles. The molecule has 102 valence electrons. The molecule has 0 fully saturated rings. The van der Waals surface area contributed by atoms with Gasteiger partial charge < -0.3 is 5.32 Å². The van der Waals surface area contributed by atoms with E-state index in [2.05, 4.69) is 20.5 Å². The SMILES string of the molecule is CC(C)c1nnc(NC(=O)Cc2nc(CCl)cs2)s1. The highest BCUT2D eigenvalue weighted by Crippen LogP contribution is 2.22. The van der Waals surface area contributed by atoms with Crippen molar-refractivity contribution in [2.24, 2.45) is 0 Å². The molecule has 0 saturated carbocycles. The van der Waals surface area contributed by atoms with Crippen LogP contribution in [0, 0.1) is 0 Å². The Balaban J connectivity index is 1.93. The molecule has 2 rings (SSSR count). The molecule has 0 aliphatic carbocycles. The van der Waals surface area contributed by atoms with Crippen LogP contribution in [0.5, 0.6) is 0 Å². The molecule has 0 spiro atoms. The maximum Gasteiger partial charge on any atom is 0.233 e. The van der Waals surface area contributed by atoms with Crippen LogP contribution in [0.4, 0.5) is 5.13 Å². The Labute approximate surface area is 124 Å². The molecule has 2 aromatic rings. The molecule has 0 atom stereocenters. The summed E-state index contributed by atoms with van der Waals surface area (Å²) >= 11 is 8.50. The molecule has 0 unspecified atom stereocenters. The van der Waals surface area contributed by atoms with E-state index in [9.17, 15) is 4.79 Å². The predicted octanol–water partition coefficient (Wildman–Crippen LogP) is 3.04. The van der Waals surface area contributed by atoms with Crippen LogP contribution in [0.1, 0.15) is 35.5 Å². The number of anilines is 1. The average molecular weight is 317 g/mol. The second kappa shape index (κ2) is 6.40. The third kappa shape index (κ3) is 3.95. The summed E-state index contributed by atoms with van der Waals surface area (Å²) in [6.45, 7) is 4.07. The molecular weight excluding hydrogens is 304 g/mol. The third-order valence-electron chi connectivity index (χ3n) is 2.23. The minimum Gasteiger partial charge on any atom is -0.300 e. The Morgan fingerprint density at radius 2 is 2.26 bits per heavy atom. The van der Waals surface area contributed by atoms with Gasteiger partial charge in [-0.1, -0.05) is 25.2 Å². The minimum absolute atomic E-state index is 0.137. The smallest absolute Gasteiger partial charge is 0.233 e. The highest BCUT2D eigenvalue weighted by atomic mass is 35.5. The normalized spacial score (nSPS) is 10.9. The van der Waals surface area contributed by atoms with Crippen LogP contribution >= 0.6 is 34.3 Å². The summed E-state index contributed by atoms with van der Waals surface area (Å²) in [6.07, 6.45) is 0.234. The zero-order valence-electron chi connectivity index (χ0n) is 10.5. The predicted molar refractivity (Wildman–Crippen MR) is 78.0 cm³/mol. The van der Waals surface area contributed by atoms with E-state index in [-0.39, 0.29) is 12.3 Å². The van der Waals surface area contributed by atoms with Crippen LogP contribution in [0.2, 0.25) is 0 Å². The van der Waals surface area contributed by atoms with E-state index in [1.807, 2.05) is 19.2 Å². The van der Waals surface area contributed by atoms with Gasteiger partial charge >= 0.3 is 0 Å². The number of thiazole rings is 1. The first-order valence-corrected chi connectivity index (χ1v) is 7.94. The maximum absolute atomic E-state index is 11.8. The molecule has 2 heterocycles. The summed E-state index contributed by atoms with van der Waals surface area (Å²) < 4.78 is 0. The first kappa shape index (κ1) is 14.4. The molecule has 1 amide bonds. The summed E-state index contributed by atoms with van der Waals surface area (Å²) in [6, 6.07) is 0. The zero-order valence-corrected chi connectivity index (χ0v) is 12.9. The number of aromatic nitrogens is 3. The Kier molecular flexibility index (Phi) is 4.84. The highest BCUT2D eigenvalue weighted by Gasteiger charge is 2.12. The number of carbonyl (C=O) groups excluding carboxylic acids is 1. The van der Waals surface area contributed by atoms with Crippen molar-refractivity contribution in [3.63, 3.8) is 0 Å². The summed E-state index contributed by atoms with van der Waals surface area (Å²) in [7, 11) is 0. The number of nitrogens with one attached hydrogen (secondary N) is 1. The van der Waals surface area contributed by atoms with Gasteiger partial charge in [-0.2, -0.15) is 0 Å². The molecular formula is C11H13ClN4OS2. The molecule has 8 heteroatoms. The first-order chi connectivity index (χ1) is 9.08. The van der Waals surface area contributed by atoms with Gasteiger partial charge in [0.1, 0.15) is 10.0 Å². The van der Waals surface area contributed by atoms with E-state index in [0.29, 0.717) is 16.9 Å². The van der Waals surface area contributed by atoms with Gasteiger partial charge in [0.2, 0.25) is 11.0 Å². The van der Waals surface area contributed by atoms with E-state index in [4.69, 9.17) is 11.6 Å². The lowest BCUT2D eigenvalue weighted by molar-refractivity contribution is -0.115. The molecule has 2 aromatic heterocycles. The van der Waals surface area contributed by atoms with E-state index >= 15 is 0 Å². The number of nitrogens with zero attached hydrogens (tertiary/aromatic N) is 3. The van der Waals surface area contributed by atoms with Crippen molar-refractivity contribution in [1.29, 1.82) is 0 Å². The van der Waals surface area contributed by atoms with Crippen molar-refractivity contribution < 1.29 is 4.79 Å². The first-order valence-electron chi connectivity index (χ1n) is 5.71. The van der Waals surface area contributed by atoms with Gasteiger partial charge in [0.25, 0.3) is 0 Å². The average Bonchev–Trinajstić information content (AvgIpc) is 2.98. The lowest BCUT2D eigenvalue weighted by atomic mass is 10.2. The summed E-state index contributed by atoms with van der Waals surface area (Å²) in [5.41, 5.74) is 0.799. The fraction of sp³-hybridized carbons (Fsp3) is 0.455. The molecule has 0 radical (unpaired) electrons.